The number of imide groups is 1. The van der Waals surface area contributed by atoms with E-state index in [-0.39, 0.29) is 12.5 Å². The van der Waals surface area contributed by atoms with E-state index >= 15 is 0 Å². The molecule has 1 aliphatic heterocycles. The Morgan fingerprint density at radius 1 is 1.15 bits per heavy atom. The van der Waals surface area contributed by atoms with Crippen LogP contribution in [0.4, 0.5) is 4.79 Å². The normalized spacial score (nSPS) is 18.9. The van der Waals surface area contributed by atoms with Gasteiger partial charge < -0.3 is 20.7 Å². The number of nitrogens with one attached hydrogen (secondary N) is 3. The lowest BCUT2D eigenvalue weighted by molar-refractivity contribution is -0.135. The summed E-state index contributed by atoms with van der Waals surface area (Å²) in [5.41, 5.74) is -0.703. The highest BCUT2D eigenvalue weighted by molar-refractivity contribution is 6.09. The maximum absolute atomic E-state index is 12.8. The number of rotatable bonds is 8. The van der Waals surface area contributed by atoms with Gasteiger partial charge in [0.2, 0.25) is 11.8 Å². The van der Waals surface area contributed by atoms with Crippen LogP contribution in [0, 0.1) is 0 Å². The number of hydrogen-bond acceptors (Lipinski definition) is 5. The lowest BCUT2D eigenvalue weighted by Gasteiger charge is -2.22. The number of benzene rings is 1. The first-order chi connectivity index (χ1) is 12.8. The SMILES string of the molecule is CCCNC(=O)CNC(=O)CN1C(=O)N[C@@](C)(c2ccc(OC)cc2)C1=O. The zero-order chi connectivity index (χ0) is 20.0. The van der Waals surface area contributed by atoms with Gasteiger partial charge in [0.1, 0.15) is 17.8 Å². The molecule has 0 aromatic heterocycles. The van der Waals surface area contributed by atoms with Crippen LogP contribution in [-0.2, 0) is 19.9 Å². The van der Waals surface area contributed by atoms with Gasteiger partial charge in [-0.05, 0) is 31.0 Å². The van der Waals surface area contributed by atoms with Gasteiger partial charge >= 0.3 is 6.03 Å². The zero-order valence-electron chi connectivity index (χ0n) is 15.6. The molecule has 1 fully saturated rings. The van der Waals surface area contributed by atoms with Crippen LogP contribution in [0.1, 0.15) is 25.8 Å². The van der Waals surface area contributed by atoms with Crippen molar-refractivity contribution in [1.29, 1.82) is 0 Å². The Bertz CT molecular complexity index is 734. The monoisotopic (exact) mass is 376 g/mol. The second kappa shape index (κ2) is 8.52. The molecule has 0 unspecified atom stereocenters. The van der Waals surface area contributed by atoms with Crippen molar-refractivity contribution in [3.05, 3.63) is 29.8 Å². The zero-order valence-corrected chi connectivity index (χ0v) is 15.6. The van der Waals surface area contributed by atoms with Crippen LogP contribution in [0.3, 0.4) is 0 Å². The van der Waals surface area contributed by atoms with Gasteiger partial charge in [-0.2, -0.15) is 0 Å². The summed E-state index contributed by atoms with van der Waals surface area (Å²) in [6.07, 6.45) is 0.784. The molecular weight excluding hydrogens is 352 g/mol. The van der Waals surface area contributed by atoms with Crippen LogP contribution in [0.25, 0.3) is 0 Å². The molecule has 0 radical (unpaired) electrons. The Morgan fingerprint density at radius 3 is 2.41 bits per heavy atom. The summed E-state index contributed by atoms with van der Waals surface area (Å²) in [6, 6.07) is 6.07. The third kappa shape index (κ3) is 4.55. The number of urea groups is 1. The minimum absolute atomic E-state index is 0.210. The second-order valence-corrected chi connectivity index (χ2v) is 6.30. The summed E-state index contributed by atoms with van der Waals surface area (Å²) < 4.78 is 5.09. The van der Waals surface area contributed by atoms with E-state index in [2.05, 4.69) is 16.0 Å². The van der Waals surface area contributed by atoms with Crippen molar-refractivity contribution in [1.82, 2.24) is 20.9 Å². The summed E-state index contributed by atoms with van der Waals surface area (Å²) >= 11 is 0. The topological polar surface area (TPSA) is 117 Å². The number of carbonyl (C=O) groups excluding carboxylic acids is 4. The molecule has 27 heavy (non-hydrogen) atoms. The number of amides is 5. The summed E-state index contributed by atoms with van der Waals surface area (Å²) in [4.78, 5) is 49.4. The number of nitrogens with zero attached hydrogens (tertiary/aromatic N) is 1. The van der Waals surface area contributed by atoms with E-state index in [0.29, 0.717) is 17.9 Å². The molecule has 9 heteroatoms. The fourth-order valence-electron chi connectivity index (χ4n) is 2.67. The molecule has 0 saturated carbocycles. The number of methoxy groups -OCH3 is 1. The highest BCUT2D eigenvalue weighted by Gasteiger charge is 2.49. The van der Waals surface area contributed by atoms with Crippen molar-refractivity contribution in [2.75, 3.05) is 26.7 Å². The highest BCUT2D eigenvalue weighted by atomic mass is 16.5. The molecule has 1 saturated heterocycles. The molecule has 1 aromatic rings. The van der Waals surface area contributed by atoms with Crippen molar-refractivity contribution >= 4 is 23.8 Å². The third-order valence-corrected chi connectivity index (χ3v) is 4.26. The van der Waals surface area contributed by atoms with Crippen molar-refractivity contribution in [2.24, 2.45) is 0 Å². The minimum atomic E-state index is -1.28. The smallest absolute Gasteiger partial charge is 0.325 e. The Morgan fingerprint density at radius 2 is 1.81 bits per heavy atom. The van der Waals surface area contributed by atoms with Crippen molar-refractivity contribution in [2.45, 2.75) is 25.8 Å². The molecule has 3 N–H and O–H groups in total. The summed E-state index contributed by atoms with van der Waals surface area (Å²) in [6.45, 7) is 3.33. The molecule has 1 atom stereocenters. The van der Waals surface area contributed by atoms with Gasteiger partial charge in [0.25, 0.3) is 5.91 Å². The summed E-state index contributed by atoms with van der Waals surface area (Å²) in [5, 5.41) is 7.64. The van der Waals surface area contributed by atoms with E-state index in [1.807, 2.05) is 6.92 Å². The first kappa shape index (κ1) is 20.2. The van der Waals surface area contributed by atoms with Gasteiger partial charge in [-0.15, -0.1) is 0 Å². The Labute approximate surface area is 157 Å². The summed E-state index contributed by atoms with van der Waals surface area (Å²) in [5.74, 6) is -0.838. The van der Waals surface area contributed by atoms with E-state index in [4.69, 9.17) is 4.74 Å². The summed E-state index contributed by atoms with van der Waals surface area (Å²) in [7, 11) is 1.53. The molecule has 1 aromatic carbocycles. The van der Waals surface area contributed by atoms with Crippen molar-refractivity contribution in [3.8, 4) is 5.75 Å². The van der Waals surface area contributed by atoms with Crippen LogP contribution in [-0.4, -0.2) is 55.4 Å². The van der Waals surface area contributed by atoms with Crippen LogP contribution in [0.15, 0.2) is 24.3 Å². The first-order valence-electron chi connectivity index (χ1n) is 8.63. The maximum Gasteiger partial charge on any atom is 0.325 e. The number of carbonyl (C=O) groups is 4. The molecule has 1 aliphatic rings. The van der Waals surface area contributed by atoms with Crippen molar-refractivity contribution in [3.63, 3.8) is 0 Å². The standard InChI is InChI=1S/C18H24N4O5/c1-4-9-19-14(23)10-20-15(24)11-22-16(25)18(2,21-17(22)26)12-5-7-13(27-3)8-6-12/h5-8H,4,9-11H2,1-3H3,(H,19,23)(H,20,24)(H,21,26)/t18-/m0/s1. The first-order valence-corrected chi connectivity index (χ1v) is 8.63. The van der Waals surface area contributed by atoms with Crippen LogP contribution >= 0.6 is 0 Å². The van der Waals surface area contributed by atoms with Gasteiger partial charge in [-0.3, -0.25) is 19.3 Å². The van der Waals surface area contributed by atoms with E-state index in [1.54, 1.807) is 31.2 Å². The fraction of sp³-hybridized carbons (Fsp3) is 0.444. The molecule has 2 rings (SSSR count). The van der Waals surface area contributed by atoms with Crippen LogP contribution < -0.4 is 20.7 Å². The molecule has 146 valence electrons. The van der Waals surface area contributed by atoms with Crippen LogP contribution in [0.2, 0.25) is 0 Å². The van der Waals surface area contributed by atoms with Gasteiger partial charge in [-0.25, -0.2) is 4.79 Å². The van der Waals surface area contributed by atoms with Gasteiger partial charge in [0.15, 0.2) is 0 Å². The third-order valence-electron chi connectivity index (χ3n) is 4.26. The quantitative estimate of drug-likeness (QED) is 0.557. The number of hydrogen-bond donors (Lipinski definition) is 3. The lowest BCUT2D eigenvalue weighted by atomic mass is 9.92. The van der Waals surface area contributed by atoms with Gasteiger partial charge in [0.05, 0.1) is 13.7 Å². The van der Waals surface area contributed by atoms with E-state index in [0.717, 1.165) is 11.3 Å². The molecule has 9 nitrogen and oxygen atoms in total. The Kier molecular flexibility index (Phi) is 6.38. The minimum Gasteiger partial charge on any atom is -0.497 e. The van der Waals surface area contributed by atoms with Crippen LogP contribution in [0.5, 0.6) is 5.75 Å². The molecular formula is C18H24N4O5. The maximum atomic E-state index is 12.8. The second-order valence-electron chi connectivity index (χ2n) is 6.30. The van der Waals surface area contributed by atoms with E-state index in [9.17, 15) is 19.2 Å². The highest BCUT2D eigenvalue weighted by Crippen LogP contribution is 2.29. The lowest BCUT2D eigenvalue weighted by Crippen LogP contribution is -2.45. The molecule has 5 amide bonds. The van der Waals surface area contributed by atoms with E-state index < -0.39 is 29.9 Å². The molecule has 0 spiro atoms. The molecule has 1 heterocycles. The predicted octanol–water partition coefficient (Wildman–Crippen LogP) is 0.105. The Hall–Kier alpha value is -3.10. The van der Waals surface area contributed by atoms with Gasteiger partial charge in [0, 0.05) is 6.54 Å². The average Bonchev–Trinajstić information content (AvgIpc) is 2.88. The van der Waals surface area contributed by atoms with E-state index in [1.165, 1.54) is 7.11 Å². The van der Waals surface area contributed by atoms with Gasteiger partial charge in [-0.1, -0.05) is 19.1 Å². The molecule has 0 bridgehead atoms. The Balaban J connectivity index is 2.00. The average molecular weight is 376 g/mol. The largest absolute Gasteiger partial charge is 0.497 e. The molecule has 0 aliphatic carbocycles. The fourth-order valence-corrected chi connectivity index (χ4v) is 2.67. The predicted molar refractivity (Wildman–Crippen MR) is 96.9 cm³/mol. The number of ether oxygens (including phenoxy) is 1. The van der Waals surface area contributed by atoms with Crippen molar-refractivity contribution < 1.29 is 23.9 Å².